The number of hydrogen-bond donors (Lipinski definition) is 2. The second kappa shape index (κ2) is 7.78. The van der Waals surface area contributed by atoms with Crippen LogP contribution in [-0.2, 0) is 16.0 Å². The van der Waals surface area contributed by atoms with Crippen LogP contribution in [0.5, 0.6) is 5.75 Å². The number of ether oxygens (including phenoxy) is 1. The molecule has 0 fully saturated rings. The van der Waals surface area contributed by atoms with Crippen molar-refractivity contribution in [1.82, 2.24) is 10.9 Å². The van der Waals surface area contributed by atoms with Crippen LogP contribution in [0.25, 0.3) is 0 Å². The van der Waals surface area contributed by atoms with Crippen LogP contribution in [0, 0.1) is 5.82 Å². The van der Waals surface area contributed by atoms with Gasteiger partial charge in [-0.15, -0.1) is 0 Å². The number of carbonyl (C=O) groups is 2. The molecule has 22 heavy (non-hydrogen) atoms. The molecular weight excluding hydrogens is 287 g/mol. The lowest BCUT2D eigenvalue weighted by Gasteiger charge is -2.09. The lowest BCUT2D eigenvalue weighted by atomic mass is 10.1. The quantitative estimate of drug-likeness (QED) is 0.824. The van der Waals surface area contributed by atoms with Gasteiger partial charge in [0.1, 0.15) is 0 Å². The van der Waals surface area contributed by atoms with Crippen molar-refractivity contribution in [3.05, 3.63) is 66.0 Å². The normalized spacial score (nSPS) is 9.86. The first kappa shape index (κ1) is 15.5. The summed E-state index contributed by atoms with van der Waals surface area (Å²) in [5.74, 6) is -1.51. The molecule has 2 aromatic carbocycles. The van der Waals surface area contributed by atoms with E-state index in [2.05, 4.69) is 10.9 Å². The van der Waals surface area contributed by atoms with E-state index in [1.807, 2.05) is 30.3 Å². The van der Waals surface area contributed by atoms with Crippen molar-refractivity contribution in [2.75, 3.05) is 6.61 Å². The molecule has 0 aliphatic carbocycles. The molecule has 0 saturated heterocycles. The SMILES string of the molecule is O=C(COc1ccccc1F)NNC(=O)Cc1ccccc1. The highest BCUT2D eigenvalue weighted by Crippen LogP contribution is 2.14. The largest absolute Gasteiger partial charge is 0.481 e. The van der Waals surface area contributed by atoms with Crippen LogP contribution in [0.15, 0.2) is 54.6 Å². The molecule has 114 valence electrons. The minimum atomic E-state index is -0.579. The number of carbonyl (C=O) groups excluding carboxylic acids is 2. The predicted octanol–water partition coefficient (Wildman–Crippen LogP) is 1.59. The summed E-state index contributed by atoms with van der Waals surface area (Å²) in [6.07, 6.45) is 0.148. The Labute approximate surface area is 127 Å². The van der Waals surface area contributed by atoms with E-state index in [9.17, 15) is 14.0 Å². The second-order valence-electron chi connectivity index (χ2n) is 4.48. The van der Waals surface area contributed by atoms with E-state index in [4.69, 9.17) is 4.74 Å². The standard InChI is InChI=1S/C16H15FN2O3/c17-13-8-4-5-9-14(13)22-11-16(21)19-18-15(20)10-12-6-2-1-3-7-12/h1-9H,10-11H2,(H,18,20)(H,19,21). The molecule has 2 rings (SSSR count). The lowest BCUT2D eigenvalue weighted by Crippen LogP contribution is -2.44. The molecule has 0 aromatic heterocycles. The number of hydrazine groups is 1. The summed E-state index contributed by atoms with van der Waals surface area (Å²) >= 11 is 0. The first-order valence-corrected chi connectivity index (χ1v) is 6.64. The third-order valence-electron chi connectivity index (χ3n) is 2.74. The molecule has 0 heterocycles. The molecule has 0 atom stereocenters. The average Bonchev–Trinajstić information content (AvgIpc) is 2.53. The molecule has 0 unspecified atom stereocenters. The van der Waals surface area contributed by atoms with Crippen molar-refractivity contribution in [2.24, 2.45) is 0 Å². The number of amides is 2. The van der Waals surface area contributed by atoms with Crippen molar-refractivity contribution in [3.8, 4) is 5.75 Å². The van der Waals surface area contributed by atoms with Crippen LogP contribution in [0.4, 0.5) is 4.39 Å². The summed E-state index contributed by atoms with van der Waals surface area (Å²) in [6, 6.07) is 14.9. The monoisotopic (exact) mass is 302 g/mol. The van der Waals surface area contributed by atoms with E-state index in [0.717, 1.165) is 5.56 Å². The molecule has 2 amide bonds. The van der Waals surface area contributed by atoms with Gasteiger partial charge in [-0.3, -0.25) is 20.4 Å². The van der Waals surface area contributed by atoms with Gasteiger partial charge in [0, 0.05) is 0 Å². The van der Waals surface area contributed by atoms with Crippen LogP contribution in [0.3, 0.4) is 0 Å². The number of nitrogens with one attached hydrogen (secondary N) is 2. The molecule has 0 spiro atoms. The minimum absolute atomic E-state index is 0.0201. The van der Waals surface area contributed by atoms with Gasteiger partial charge in [-0.2, -0.15) is 0 Å². The van der Waals surface area contributed by atoms with Crippen LogP contribution >= 0.6 is 0 Å². The predicted molar refractivity (Wildman–Crippen MR) is 78.3 cm³/mol. The van der Waals surface area contributed by atoms with Crippen LogP contribution in [0.2, 0.25) is 0 Å². The third-order valence-corrected chi connectivity index (χ3v) is 2.74. The van der Waals surface area contributed by atoms with Crippen molar-refractivity contribution < 1.29 is 18.7 Å². The fraction of sp³-hybridized carbons (Fsp3) is 0.125. The Morgan fingerprint density at radius 3 is 2.27 bits per heavy atom. The fourth-order valence-corrected chi connectivity index (χ4v) is 1.71. The van der Waals surface area contributed by atoms with Gasteiger partial charge in [0.25, 0.3) is 5.91 Å². The molecule has 2 aromatic rings. The van der Waals surface area contributed by atoms with Crippen LogP contribution in [-0.4, -0.2) is 18.4 Å². The number of hydrogen-bond acceptors (Lipinski definition) is 3. The van der Waals surface area contributed by atoms with E-state index in [1.165, 1.54) is 18.2 Å². The molecule has 0 aliphatic rings. The van der Waals surface area contributed by atoms with E-state index < -0.39 is 18.3 Å². The van der Waals surface area contributed by atoms with Gasteiger partial charge in [0.15, 0.2) is 18.2 Å². The summed E-state index contributed by atoms with van der Waals surface area (Å²) < 4.78 is 18.3. The average molecular weight is 302 g/mol. The maximum absolute atomic E-state index is 13.3. The Kier molecular flexibility index (Phi) is 5.48. The molecule has 0 radical (unpaired) electrons. The van der Waals surface area contributed by atoms with Crippen LogP contribution in [0.1, 0.15) is 5.56 Å². The van der Waals surface area contributed by atoms with E-state index in [-0.39, 0.29) is 18.1 Å². The Bertz CT molecular complexity index is 647. The van der Waals surface area contributed by atoms with Gasteiger partial charge >= 0.3 is 0 Å². The highest BCUT2D eigenvalue weighted by atomic mass is 19.1. The zero-order chi connectivity index (χ0) is 15.8. The molecule has 2 N–H and O–H groups in total. The third kappa shape index (κ3) is 4.90. The van der Waals surface area contributed by atoms with Gasteiger partial charge in [-0.1, -0.05) is 42.5 Å². The number of halogens is 1. The second-order valence-corrected chi connectivity index (χ2v) is 4.48. The van der Waals surface area contributed by atoms with Gasteiger partial charge in [0.2, 0.25) is 5.91 Å². The van der Waals surface area contributed by atoms with Gasteiger partial charge in [-0.25, -0.2) is 4.39 Å². The number of rotatable bonds is 5. The summed E-state index contributed by atoms with van der Waals surface area (Å²) in [4.78, 5) is 23.1. The van der Waals surface area contributed by atoms with Gasteiger partial charge in [0.05, 0.1) is 6.42 Å². The Morgan fingerprint density at radius 2 is 1.55 bits per heavy atom. The van der Waals surface area contributed by atoms with Gasteiger partial charge < -0.3 is 4.74 Å². The molecule has 0 bridgehead atoms. The highest BCUT2D eigenvalue weighted by molar-refractivity contribution is 5.83. The maximum atomic E-state index is 13.3. The van der Waals surface area contributed by atoms with Crippen molar-refractivity contribution >= 4 is 11.8 Å². The Morgan fingerprint density at radius 1 is 0.909 bits per heavy atom. The summed E-state index contributed by atoms with van der Waals surface area (Å²) in [5.41, 5.74) is 5.31. The van der Waals surface area contributed by atoms with Crippen molar-refractivity contribution in [2.45, 2.75) is 6.42 Å². The van der Waals surface area contributed by atoms with E-state index >= 15 is 0 Å². The van der Waals surface area contributed by atoms with E-state index in [1.54, 1.807) is 6.07 Å². The molecule has 6 heteroatoms. The summed E-state index contributed by atoms with van der Waals surface area (Å²) in [5, 5.41) is 0. The first-order valence-electron chi connectivity index (χ1n) is 6.64. The smallest absolute Gasteiger partial charge is 0.276 e. The summed E-state index contributed by atoms with van der Waals surface area (Å²) in [6.45, 7) is -0.396. The Hall–Kier alpha value is -2.89. The van der Waals surface area contributed by atoms with Crippen LogP contribution < -0.4 is 15.6 Å². The minimum Gasteiger partial charge on any atom is -0.481 e. The highest BCUT2D eigenvalue weighted by Gasteiger charge is 2.08. The zero-order valence-electron chi connectivity index (χ0n) is 11.7. The van der Waals surface area contributed by atoms with Crippen molar-refractivity contribution in [3.63, 3.8) is 0 Å². The zero-order valence-corrected chi connectivity index (χ0v) is 11.7. The topological polar surface area (TPSA) is 67.4 Å². The number of benzene rings is 2. The summed E-state index contributed by atoms with van der Waals surface area (Å²) in [7, 11) is 0. The van der Waals surface area contributed by atoms with Gasteiger partial charge in [-0.05, 0) is 17.7 Å². The molecule has 5 nitrogen and oxygen atoms in total. The fourth-order valence-electron chi connectivity index (χ4n) is 1.71. The first-order chi connectivity index (χ1) is 10.6. The Balaban J connectivity index is 1.71. The maximum Gasteiger partial charge on any atom is 0.276 e. The molecular formula is C16H15FN2O3. The van der Waals surface area contributed by atoms with E-state index in [0.29, 0.717) is 0 Å². The molecule has 0 saturated carbocycles. The number of para-hydroxylation sites is 1. The van der Waals surface area contributed by atoms with Crippen molar-refractivity contribution in [1.29, 1.82) is 0 Å². The lowest BCUT2D eigenvalue weighted by molar-refractivity contribution is -0.129. The molecule has 0 aliphatic heterocycles.